The molecule has 104 valence electrons. The van der Waals surface area contributed by atoms with Crippen molar-refractivity contribution < 1.29 is 9.90 Å². The van der Waals surface area contributed by atoms with E-state index >= 15 is 0 Å². The number of nitrogens with one attached hydrogen (secondary N) is 2. The molecule has 0 aliphatic heterocycles. The van der Waals surface area contributed by atoms with Crippen molar-refractivity contribution in [2.24, 2.45) is 0 Å². The standard InChI is InChI=1S/C16H18N2O2/c1-17-16(20)10-12-6-8-14(9-7-12)18-11-13-4-2-3-5-15(13)19/h2-9,18-19H,10-11H2,1H3,(H,17,20). The van der Waals surface area contributed by atoms with Crippen molar-refractivity contribution in [1.82, 2.24) is 5.32 Å². The van der Waals surface area contributed by atoms with Crippen LogP contribution in [0.4, 0.5) is 5.69 Å². The summed E-state index contributed by atoms with van der Waals surface area (Å²) in [5.74, 6) is 0.288. The van der Waals surface area contributed by atoms with Gasteiger partial charge < -0.3 is 15.7 Å². The number of hydrogen-bond acceptors (Lipinski definition) is 3. The van der Waals surface area contributed by atoms with Gasteiger partial charge in [-0.3, -0.25) is 4.79 Å². The lowest BCUT2D eigenvalue weighted by Gasteiger charge is -2.09. The molecule has 1 amide bonds. The van der Waals surface area contributed by atoms with Gasteiger partial charge in [0, 0.05) is 24.8 Å². The molecule has 4 heteroatoms. The largest absolute Gasteiger partial charge is 0.508 e. The normalized spacial score (nSPS) is 10.1. The molecule has 0 saturated heterocycles. The van der Waals surface area contributed by atoms with Crippen molar-refractivity contribution in [1.29, 1.82) is 0 Å². The fourth-order valence-corrected chi connectivity index (χ4v) is 1.87. The van der Waals surface area contributed by atoms with Gasteiger partial charge in [-0.25, -0.2) is 0 Å². The monoisotopic (exact) mass is 270 g/mol. The number of aromatic hydroxyl groups is 1. The maximum atomic E-state index is 11.3. The molecular formula is C16H18N2O2. The molecule has 0 aliphatic rings. The third-order valence-electron chi connectivity index (χ3n) is 3.07. The molecule has 0 saturated carbocycles. The zero-order chi connectivity index (χ0) is 14.4. The van der Waals surface area contributed by atoms with Gasteiger partial charge in [0.1, 0.15) is 5.75 Å². The van der Waals surface area contributed by atoms with E-state index in [-0.39, 0.29) is 11.7 Å². The molecule has 0 atom stereocenters. The summed E-state index contributed by atoms with van der Waals surface area (Å²) in [6.45, 7) is 0.557. The van der Waals surface area contributed by atoms with Crippen LogP contribution in [0.15, 0.2) is 48.5 Å². The molecule has 0 spiro atoms. The molecule has 0 unspecified atom stereocenters. The average molecular weight is 270 g/mol. The van der Waals surface area contributed by atoms with E-state index < -0.39 is 0 Å². The van der Waals surface area contributed by atoms with Gasteiger partial charge in [-0.05, 0) is 23.8 Å². The highest BCUT2D eigenvalue weighted by Crippen LogP contribution is 2.18. The number of para-hydroxylation sites is 1. The van der Waals surface area contributed by atoms with Gasteiger partial charge in [0.25, 0.3) is 0 Å². The second-order valence-electron chi connectivity index (χ2n) is 4.53. The topological polar surface area (TPSA) is 61.4 Å². The van der Waals surface area contributed by atoms with Crippen LogP contribution in [0.1, 0.15) is 11.1 Å². The Labute approximate surface area is 118 Å². The van der Waals surface area contributed by atoms with E-state index in [0.717, 1.165) is 16.8 Å². The van der Waals surface area contributed by atoms with Crippen molar-refractivity contribution >= 4 is 11.6 Å². The molecule has 2 rings (SSSR count). The molecular weight excluding hydrogens is 252 g/mol. The highest BCUT2D eigenvalue weighted by atomic mass is 16.3. The number of likely N-dealkylation sites (N-methyl/N-ethyl adjacent to an activating group) is 1. The van der Waals surface area contributed by atoms with Crippen LogP contribution in [0.25, 0.3) is 0 Å². The number of rotatable bonds is 5. The highest BCUT2D eigenvalue weighted by molar-refractivity contribution is 5.78. The van der Waals surface area contributed by atoms with Crippen molar-refractivity contribution in [2.45, 2.75) is 13.0 Å². The van der Waals surface area contributed by atoms with Crippen LogP contribution in [0, 0.1) is 0 Å². The van der Waals surface area contributed by atoms with Gasteiger partial charge in [0.05, 0.1) is 6.42 Å². The number of phenols is 1. The average Bonchev–Trinajstić information content (AvgIpc) is 2.48. The number of carbonyl (C=O) groups excluding carboxylic acids is 1. The minimum Gasteiger partial charge on any atom is -0.508 e. The SMILES string of the molecule is CNC(=O)Cc1ccc(NCc2ccccc2O)cc1. The van der Waals surface area contributed by atoms with E-state index in [1.165, 1.54) is 0 Å². The Morgan fingerprint density at radius 3 is 2.45 bits per heavy atom. The number of benzene rings is 2. The summed E-state index contributed by atoms with van der Waals surface area (Å²) in [6.07, 6.45) is 0.385. The summed E-state index contributed by atoms with van der Waals surface area (Å²) < 4.78 is 0. The van der Waals surface area contributed by atoms with Crippen molar-refractivity contribution in [3.8, 4) is 5.75 Å². The number of amides is 1. The summed E-state index contributed by atoms with van der Waals surface area (Å²) in [4.78, 5) is 11.3. The van der Waals surface area contributed by atoms with E-state index in [1.807, 2.05) is 36.4 Å². The quantitative estimate of drug-likeness (QED) is 0.781. The molecule has 0 aromatic heterocycles. The molecule has 2 aromatic carbocycles. The van der Waals surface area contributed by atoms with Crippen LogP contribution in [0.5, 0.6) is 5.75 Å². The van der Waals surface area contributed by atoms with Crippen LogP contribution < -0.4 is 10.6 Å². The van der Waals surface area contributed by atoms with E-state index in [1.54, 1.807) is 19.2 Å². The van der Waals surface area contributed by atoms with Crippen molar-refractivity contribution in [3.63, 3.8) is 0 Å². The van der Waals surface area contributed by atoms with Crippen LogP contribution in [0.2, 0.25) is 0 Å². The predicted molar refractivity (Wildman–Crippen MR) is 79.6 cm³/mol. The maximum Gasteiger partial charge on any atom is 0.224 e. The fourth-order valence-electron chi connectivity index (χ4n) is 1.87. The third-order valence-corrected chi connectivity index (χ3v) is 3.07. The molecule has 2 aromatic rings. The number of carbonyl (C=O) groups is 1. The van der Waals surface area contributed by atoms with Gasteiger partial charge in [-0.2, -0.15) is 0 Å². The van der Waals surface area contributed by atoms with Crippen LogP contribution in [-0.4, -0.2) is 18.1 Å². The Morgan fingerprint density at radius 2 is 1.80 bits per heavy atom. The number of phenolic OH excluding ortho intramolecular Hbond substituents is 1. The van der Waals surface area contributed by atoms with Crippen LogP contribution in [0.3, 0.4) is 0 Å². The second-order valence-corrected chi connectivity index (χ2v) is 4.53. The molecule has 0 bridgehead atoms. The molecule has 0 aliphatic carbocycles. The van der Waals surface area contributed by atoms with Gasteiger partial charge in [0.2, 0.25) is 5.91 Å². The minimum atomic E-state index is -0.0000768. The first-order valence-corrected chi connectivity index (χ1v) is 6.49. The summed E-state index contributed by atoms with van der Waals surface area (Å²) in [7, 11) is 1.63. The van der Waals surface area contributed by atoms with Crippen molar-refractivity contribution in [2.75, 3.05) is 12.4 Å². The predicted octanol–water partition coefficient (Wildman–Crippen LogP) is 2.29. The Hall–Kier alpha value is -2.49. The Balaban J connectivity index is 1.94. The first kappa shape index (κ1) is 13.9. The van der Waals surface area contributed by atoms with Gasteiger partial charge in [-0.1, -0.05) is 30.3 Å². The summed E-state index contributed by atoms with van der Waals surface area (Å²) in [6, 6.07) is 14.9. The minimum absolute atomic E-state index is 0.0000768. The second kappa shape index (κ2) is 6.61. The molecule has 3 N–H and O–H groups in total. The fraction of sp³-hybridized carbons (Fsp3) is 0.188. The van der Waals surface area contributed by atoms with E-state index in [4.69, 9.17) is 0 Å². The Kier molecular flexibility index (Phi) is 4.60. The summed E-state index contributed by atoms with van der Waals surface area (Å²) >= 11 is 0. The maximum absolute atomic E-state index is 11.3. The van der Waals surface area contributed by atoms with E-state index in [9.17, 15) is 9.90 Å². The van der Waals surface area contributed by atoms with Gasteiger partial charge >= 0.3 is 0 Å². The molecule has 0 radical (unpaired) electrons. The summed E-state index contributed by atoms with van der Waals surface area (Å²) in [5, 5.41) is 15.5. The van der Waals surface area contributed by atoms with Gasteiger partial charge in [-0.15, -0.1) is 0 Å². The van der Waals surface area contributed by atoms with E-state index in [2.05, 4.69) is 10.6 Å². The zero-order valence-corrected chi connectivity index (χ0v) is 11.4. The summed E-state index contributed by atoms with van der Waals surface area (Å²) in [5.41, 5.74) is 2.77. The Bertz CT molecular complexity index is 579. The lowest BCUT2D eigenvalue weighted by Crippen LogP contribution is -2.19. The van der Waals surface area contributed by atoms with Crippen molar-refractivity contribution in [3.05, 3.63) is 59.7 Å². The third kappa shape index (κ3) is 3.75. The highest BCUT2D eigenvalue weighted by Gasteiger charge is 2.02. The first-order chi connectivity index (χ1) is 9.69. The number of anilines is 1. The van der Waals surface area contributed by atoms with Gasteiger partial charge in [0.15, 0.2) is 0 Å². The molecule has 0 fully saturated rings. The number of hydrogen-bond donors (Lipinski definition) is 3. The lowest BCUT2D eigenvalue weighted by molar-refractivity contribution is -0.119. The first-order valence-electron chi connectivity index (χ1n) is 6.49. The molecule has 0 heterocycles. The van der Waals surface area contributed by atoms with E-state index in [0.29, 0.717) is 13.0 Å². The van der Waals surface area contributed by atoms with Crippen LogP contribution >= 0.6 is 0 Å². The van der Waals surface area contributed by atoms with Crippen LogP contribution in [-0.2, 0) is 17.8 Å². The smallest absolute Gasteiger partial charge is 0.224 e. The lowest BCUT2D eigenvalue weighted by atomic mass is 10.1. The molecule has 20 heavy (non-hydrogen) atoms. The zero-order valence-electron chi connectivity index (χ0n) is 11.4. The molecule has 4 nitrogen and oxygen atoms in total. The Morgan fingerprint density at radius 1 is 1.10 bits per heavy atom.